The molecule has 0 bridgehead atoms. The Labute approximate surface area is 82.3 Å². The number of hydrogen-bond donors (Lipinski definition) is 0. The van der Waals surface area contributed by atoms with Crippen molar-refractivity contribution in [3.63, 3.8) is 0 Å². The molecule has 13 heavy (non-hydrogen) atoms. The zero-order valence-corrected chi connectivity index (χ0v) is 9.42. The molecule has 2 heteroatoms. The molecule has 0 spiro atoms. The van der Waals surface area contributed by atoms with Crippen molar-refractivity contribution in [3.05, 3.63) is 0 Å². The van der Waals surface area contributed by atoms with Gasteiger partial charge in [-0.25, -0.2) is 0 Å². The summed E-state index contributed by atoms with van der Waals surface area (Å²) in [5, 5.41) is 0. The monoisotopic (exact) mass is 185 g/mol. The van der Waals surface area contributed by atoms with E-state index in [1.54, 1.807) is 0 Å². The van der Waals surface area contributed by atoms with E-state index >= 15 is 0 Å². The van der Waals surface area contributed by atoms with E-state index in [1.807, 2.05) is 0 Å². The standard InChI is InChI=1S/C11H23NO/c1-9(2)12(10(3)4)11-5-7-13-8-6-11/h9-11H,5-8H2,1-4H3. The first-order chi connectivity index (χ1) is 6.13. The fourth-order valence-corrected chi connectivity index (χ4v) is 2.42. The van der Waals surface area contributed by atoms with Crippen LogP contribution >= 0.6 is 0 Å². The summed E-state index contributed by atoms with van der Waals surface area (Å²) in [7, 11) is 0. The highest BCUT2D eigenvalue weighted by Gasteiger charge is 2.25. The number of nitrogens with zero attached hydrogens (tertiary/aromatic N) is 1. The third-order valence-corrected chi connectivity index (χ3v) is 2.81. The molecule has 0 aromatic carbocycles. The van der Waals surface area contributed by atoms with Crippen molar-refractivity contribution >= 4 is 0 Å². The predicted octanol–water partition coefficient (Wildman–Crippen LogP) is 2.28. The highest BCUT2D eigenvalue weighted by Crippen LogP contribution is 2.19. The van der Waals surface area contributed by atoms with E-state index in [-0.39, 0.29) is 0 Å². The fraction of sp³-hybridized carbons (Fsp3) is 1.00. The van der Waals surface area contributed by atoms with E-state index in [0.717, 1.165) is 19.3 Å². The van der Waals surface area contributed by atoms with Crippen LogP contribution in [0.4, 0.5) is 0 Å². The molecular formula is C11H23NO. The SMILES string of the molecule is CC(C)N(C(C)C)C1CCOCC1. The van der Waals surface area contributed by atoms with Gasteiger partial charge in [-0.3, -0.25) is 4.90 Å². The lowest BCUT2D eigenvalue weighted by Crippen LogP contribution is -2.47. The summed E-state index contributed by atoms with van der Waals surface area (Å²) in [5.41, 5.74) is 0. The van der Waals surface area contributed by atoms with Gasteiger partial charge in [-0.2, -0.15) is 0 Å². The summed E-state index contributed by atoms with van der Waals surface area (Å²) < 4.78 is 5.38. The van der Waals surface area contributed by atoms with Crippen molar-refractivity contribution in [2.24, 2.45) is 0 Å². The van der Waals surface area contributed by atoms with Crippen LogP contribution in [0.5, 0.6) is 0 Å². The van der Waals surface area contributed by atoms with Crippen LogP contribution in [0.3, 0.4) is 0 Å². The third kappa shape index (κ3) is 2.96. The van der Waals surface area contributed by atoms with Crippen molar-refractivity contribution in [1.82, 2.24) is 4.90 Å². The molecular weight excluding hydrogens is 162 g/mol. The molecule has 1 saturated heterocycles. The second kappa shape index (κ2) is 4.97. The molecule has 0 radical (unpaired) electrons. The number of ether oxygens (including phenoxy) is 1. The Morgan fingerprint density at radius 2 is 1.46 bits per heavy atom. The van der Waals surface area contributed by atoms with Gasteiger partial charge >= 0.3 is 0 Å². The molecule has 0 saturated carbocycles. The van der Waals surface area contributed by atoms with Crippen LogP contribution in [0.2, 0.25) is 0 Å². The van der Waals surface area contributed by atoms with Crippen molar-refractivity contribution in [2.75, 3.05) is 13.2 Å². The van der Waals surface area contributed by atoms with Crippen LogP contribution in [0.15, 0.2) is 0 Å². The first kappa shape index (κ1) is 11.0. The Morgan fingerprint density at radius 3 is 1.85 bits per heavy atom. The molecule has 2 nitrogen and oxygen atoms in total. The van der Waals surface area contributed by atoms with Gasteiger partial charge in [0.15, 0.2) is 0 Å². The highest BCUT2D eigenvalue weighted by atomic mass is 16.5. The lowest BCUT2D eigenvalue weighted by atomic mass is 10.0. The van der Waals surface area contributed by atoms with E-state index in [4.69, 9.17) is 4.74 Å². The maximum atomic E-state index is 5.38. The summed E-state index contributed by atoms with van der Waals surface area (Å²) in [6.07, 6.45) is 2.41. The van der Waals surface area contributed by atoms with Gasteiger partial charge in [0.25, 0.3) is 0 Å². The molecule has 0 atom stereocenters. The fourth-order valence-electron chi connectivity index (χ4n) is 2.42. The second-order valence-corrected chi connectivity index (χ2v) is 4.48. The minimum Gasteiger partial charge on any atom is -0.381 e. The molecule has 1 aliphatic heterocycles. The predicted molar refractivity (Wildman–Crippen MR) is 56.0 cm³/mol. The maximum absolute atomic E-state index is 5.38. The zero-order chi connectivity index (χ0) is 9.84. The molecule has 1 fully saturated rings. The summed E-state index contributed by atoms with van der Waals surface area (Å²) in [4.78, 5) is 2.61. The summed E-state index contributed by atoms with van der Waals surface area (Å²) >= 11 is 0. The van der Waals surface area contributed by atoms with Gasteiger partial charge in [-0.1, -0.05) is 0 Å². The molecule has 1 aliphatic rings. The molecule has 0 unspecified atom stereocenters. The van der Waals surface area contributed by atoms with Gasteiger partial charge in [0.2, 0.25) is 0 Å². The van der Waals surface area contributed by atoms with Crippen LogP contribution in [0.25, 0.3) is 0 Å². The Bertz CT molecular complexity index is 131. The second-order valence-electron chi connectivity index (χ2n) is 4.48. The number of rotatable bonds is 3. The maximum Gasteiger partial charge on any atom is 0.0480 e. The Balaban J connectivity index is 2.52. The van der Waals surface area contributed by atoms with Crippen molar-refractivity contribution in [1.29, 1.82) is 0 Å². The summed E-state index contributed by atoms with van der Waals surface area (Å²) in [5.74, 6) is 0. The largest absolute Gasteiger partial charge is 0.381 e. The van der Waals surface area contributed by atoms with E-state index in [0.29, 0.717) is 12.1 Å². The van der Waals surface area contributed by atoms with Crippen LogP contribution in [-0.2, 0) is 4.74 Å². The lowest BCUT2D eigenvalue weighted by molar-refractivity contribution is 0.00884. The normalized spacial score (nSPS) is 20.5. The minimum absolute atomic E-state index is 0.656. The van der Waals surface area contributed by atoms with Crippen LogP contribution in [0, 0.1) is 0 Å². The molecule has 0 N–H and O–H groups in total. The third-order valence-electron chi connectivity index (χ3n) is 2.81. The van der Waals surface area contributed by atoms with E-state index in [9.17, 15) is 0 Å². The highest BCUT2D eigenvalue weighted by molar-refractivity contribution is 4.79. The van der Waals surface area contributed by atoms with E-state index < -0.39 is 0 Å². The zero-order valence-electron chi connectivity index (χ0n) is 9.42. The van der Waals surface area contributed by atoms with Crippen molar-refractivity contribution in [2.45, 2.75) is 58.7 Å². The Kier molecular flexibility index (Phi) is 4.20. The smallest absolute Gasteiger partial charge is 0.0480 e. The molecule has 1 heterocycles. The van der Waals surface area contributed by atoms with Crippen molar-refractivity contribution in [3.8, 4) is 0 Å². The molecule has 0 amide bonds. The van der Waals surface area contributed by atoms with Gasteiger partial charge in [0, 0.05) is 31.3 Å². The van der Waals surface area contributed by atoms with Gasteiger partial charge in [-0.05, 0) is 40.5 Å². The van der Waals surface area contributed by atoms with Crippen LogP contribution in [-0.4, -0.2) is 36.2 Å². The molecule has 0 aromatic rings. The number of hydrogen-bond acceptors (Lipinski definition) is 2. The average Bonchev–Trinajstić information content (AvgIpc) is 2.04. The summed E-state index contributed by atoms with van der Waals surface area (Å²) in [6.45, 7) is 11.0. The molecule has 0 aliphatic carbocycles. The minimum atomic E-state index is 0.656. The van der Waals surface area contributed by atoms with E-state index in [1.165, 1.54) is 12.8 Å². The summed E-state index contributed by atoms with van der Waals surface area (Å²) in [6, 6.07) is 2.06. The van der Waals surface area contributed by atoms with Gasteiger partial charge < -0.3 is 4.74 Å². The molecule has 0 aromatic heterocycles. The average molecular weight is 185 g/mol. The van der Waals surface area contributed by atoms with Crippen LogP contribution < -0.4 is 0 Å². The van der Waals surface area contributed by atoms with Crippen molar-refractivity contribution < 1.29 is 4.74 Å². The Morgan fingerprint density at radius 1 is 1.00 bits per heavy atom. The van der Waals surface area contributed by atoms with Gasteiger partial charge in [0.05, 0.1) is 0 Å². The van der Waals surface area contributed by atoms with Gasteiger partial charge in [0.1, 0.15) is 0 Å². The first-order valence-electron chi connectivity index (χ1n) is 5.48. The topological polar surface area (TPSA) is 12.5 Å². The quantitative estimate of drug-likeness (QED) is 0.669. The first-order valence-corrected chi connectivity index (χ1v) is 5.48. The lowest BCUT2D eigenvalue weighted by Gasteiger charge is -2.40. The molecule has 1 rings (SSSR count). The Hall–Kier alpha value is -0.0800. The van der Waals surface area contributed by atoms with E-state index in [2.05, 4.69) is 32.6 Å². The van der Waals surface area contributed by atoms with Crippen LogP contribution in [0.1, 0.15) is 40.5 Å². The molecule has 78 valence electrons. The van der Waals surface area contributed by atoms with Gasteiger partial charge in [-0.15, -0.1) is 0 Å².